The van der Waals surface area contributed by atoms with E-state index in [4.69, 9.17) is 14.2 Å². The van der Waals surface area contributed by atoms with E-state index < -0.39 is 6.09 Å². The molecule has 1 fully saturated rings. The minimum atomic E-state index is -0.468. The lowest BCUT2D eigenvalue weighted by molar-refractivity contribution is 0.0570. The summed E-state index contributed by atoms with van der Waals surface area (Å²) in [6.45, 7) is 8.73. The number of rotatable bonds is 17. The van der Waals surface area contributed by atoms with Crippen molar-refractivity contribution in [3.63, 3.8) is 0 Å². The minimum absolute atomic E-state index is 0.184. The molecule has 3 heterocycles. The first-order valence-electron chi connectivity index (χ1n) is 16.2. The largest absolute Gasteiger partial charge is 0.494 e. The van der Waals surface area contributed by atoms with Crippen LogP contribution < -0.4 is 19.7 Å². The van der Waals surface area contributed by atoms with E-state index in [1.165, 1.54) is 41.5 Å². The van der Waals surface area contributed by atoms with Crippen molar-refractivity contribution in [2.24, 2.45) is 0 Å². The molecule has 1 saturated heterocycles. The highest BCUT2D eigenvalue weighted by molar-refractivity contribution is 7.17. The summed E-state index contributed by atoms with van der Waals surface area (Å²) in [5.74, 6) is 1.20. The predicted molar refractivity (Wildman–Crippen MR) is 180 cm³/mol. The molecule has 5 rings (SSSR count). The number of nitrogens with one attached hydrogen (secondary N) is 1. The molecule has 1 N–H and O–H groups in total. The van der Waals surface area contributed by atoms with E-state index in [0.29, 0.717) is 19.0 Å². The van der Waals surface area contributed by atoms with Gasteiger partial charge in [-0.15, -0.1) is 11.3 Å². The van der Waals surface area contributed by atoms with Crippen LogP contribution in [0.1, 0.15) is 58.3 Å². The second-order valence-corrected chi connectivity index (χ2v) is 12.3. The van der Waals surface area contributed by atoms with Crippen molar-refractivity contribution in [3.05, 3.63) is 60.0 Å². The molecular formula is C35H46N4O4S. The van der Waals surface area contributed by atoms with Crippen molar-refractivity contribution in [2.45, 2.75) is 58.3 Å². The number of nitrogens with zero attached hydrogens (tertiary/aromatic N) is 3. The number of pyridine rings is 1. The zero-order valence-corrected chi connectivity index (χ0v) is 26.8. The van der Waals surface area contributed by atoms with Gasteiger partial charge in [-0.05, 0) is 67.6 Å². The van der Waals surface area contributed by atoms with Gasteiger partial charge >= 0.3 is 6.09 Å². The second kappa shape index (κ2) is 17.1. The summed E-state index contributed by atoms with van der Waals surface area (Å²) in [4.78, 5) is 21.6. The fraction of sp³-hybridized carbons (Fsp3) is 0.486. The highest BCUT2D eigenvalue weighted by atomic mass is 32.1. The Morgan fingerprint density at radius 3 is 2.64 bits per heavy atom. The van der Waals surface area contributed by atoms with E-state index in [0.717, 1.165) is 75.1 Å². The van der Waals surface area contributed by atoms with Gasteiger partial charge in [0.15, 0.2) is 0 Å². The molecule has 1 amide bonds. The number of amides is 1. The molecule has 2 aromatic carbocycles. The number of hydrogen-bond acceptors (Lipinski definition) is 8. The van der Waals surface area contributed by atoms with Gasteiger partial charge in [0.1, 0.15) is 5.75 Å². The van der Waals surface area contributed by atoms with E-state index >= 15 is 0 Å². The van der Waals surface area contributed by atoms with Gasteiger partial charge in [-0.2, -0.15) is 0 Å². The van der Waals surface area contributed by atoms with E-state index in [9.17, 15) is 4.79 Å². The topological polar surface area (TPSA) is 76.2 Å². The molecule has 0 spiro atoms. The van der Waals surface area contributed by atoms with Crippen LogP contribution in [0.4, 0.5) is 10.5 Å². The number of carbonyl (C=O) groups excluding carboxylic acids is 1. The molecule has 0 atom stereocenters. The van der Waals surface area contributed by atoms with Crippen molar-refractivity contribution >= 4 is 44.1 Å². The Kier molecular flexibility index (Phi) is 12.4. The molecule has 44 heavy (non-hydrogen) atoms. The average molecular weight is 619 g/mol. The number of anilines is 1. The minimum Gasteiger partial charge on any atom is -0.494 e. The number of alkyl carbamates (subject to hydrolysis) is 1. The molecule has 9 heteroatoms. The predicted octanol–water partition coefficient (Wildman–Crippen LogP) is 7.85. The van der Waals surface area contributed by atoms with Gasteiger partial charge in [-0.25, -0.2) is 9.78 Å². The second-order valence-electron chi connectivity index (χ2n) is 11.4. The number of hydrogen-bond donors (Lipinski definition) is 1. The Morgan fingerprint density at radius 2 is 1.75 bits per heavy atom. The zero-order valence-electron chi connectivity index (χ0n) is 26.0. The number of unbranched alkanes of at least 4 members (excludes halogenated alkanes) is 6. The van der Waals surface area contributed by atoms with Crippen LogP contribution in [0.25, 0.3) is 21.0 Å². The van der Waals surface area contributed by atoms with Crippen LogP contribution in [-0.2, 0) is 4.74 Å². The third-order valence-electron chi connectivity index (χ3n) is 8.16. The van der Waals surface area contributed by atoms with E-state index in [-0.39, 0.29) is 6.79 Å². The van der Waals surface area contributed by atoms with Gasteiger partial charge in [-0.1, -0.05) is 45.1 Å². The summed E-state index contributed by atoms with van der Waals surface area (Å²) in [5.41, 5.74) is 2.15. The Morgan fingerprint density at radius 1 is 0.909 bits per heavy atom. The third-order valence-corrected chi connectivity index (χ3v) is 9.04. The monoisotopic (exact) mass is 618 g/mol. The first-order chi connectivity index (χ1) is 21.7. The van der Waals surface area contributed by atoms with Crippen molar-refractivity contribution in [2.75, 3.05) is 57.6 Å². The molecule has 4 aromatic rings. The smallest absolute Gasteiger partial charge is 0.410 e. The van der Waals surface area contributed by atoms with Gasteiger partial charge < -0.3 is 24.4 Å². The first-order valence-corrected chi connectivity index (χ1v) is 17.1. The summed E-state index contributed by atoms with van der Waals surface area (Å²) in [7, 11) is 0. The van der Waals surface area contributed by atoms with Crippen molar-refractivity contribution < 1.29 is 19.0 Å². The van der Waals surface area contributed by atoms with E-state index in [2.05, 4.69) is 56.7 Å². The number of aromatic nitrogens is 1. The maximum atomic E-state index is 11.9. The van der Waals surface area contributed by atoms with Crippen LogP contribution in [0.2, 0.25) is 0 Å². The van der Waals surface area contributed by atoms with Crippen LogP contribution in [0.3, 0.4) is 0 Å². The molecule has 2 aromatic heterocycles. The molecule has 0 aliphatic carbocycles. The SMILES string of the molecule is CCCCCCCCNC(=O)OCOc1ccc2ccc(OCCCCN3CCN(c4cccc5sccc45)CC3)cc2n1. The summed E-state index contributed by atoms with van der Waals surface area (Å²) in [5, 5.41) is 7.33. The maximum absolute atomic E-state index is 11.9. The number of carbonyl (C=O) groups is 1. The fourth-order valence-corrected chi connectivity index (χ4v) is 6.44. The Hall–Kier alpha value is -3.56. The van der Waals surface area contributed by atoms with Gasteiger partial charge in [0, 0.05) is 66.0 Å². The van der Waals surface area contributed by atoms with Crippen molar-refractivity contribution in [1.82, 2.24) is 15.2 Å². The summed E-state index contributed by atoms with van der Waals surface area (Å²) in [6, 6.07) is 18.5. The molecule has 1 aliphatic heterocycles. The van der Waals surface area contributed by atoms with Gasteiger partial charge in [0.25, 0.3) is 0 Å². The van der Waals surface area contributed by atoms with Crippen LogP contribution in [-0.4, -0.2) is 68.6 Å². The summed E-state index contributed by atoms with van der Waals surface area (Å²) in [6.07, 6.45) is 8.70. The van der Waals surface area contributed by atoms with Crippen LogP contribution in [0.5, 0.6) is 11.6 Å². The van der Waals surface area contributed by atoms with Crippen molar-refractivity contribution in [1.29, 1.82) is 0 Å². The Labute approximate surface area is 265 Å². The lowest BCUT2D eigenvalue weighted by atomic mass is 10.1. The van der Waals surface area contributed by atoms with E-state index in [1.807, 2.05) is 35.6 Å². The lowest BCUT2D eigenvalue weighted by Gasteiger charge is -2.36. The normalized spacial score (nSPS) is 13.8. The quantitative estimate of drug-likeness (QED) is 0.0954. The molecule has 0 radical (unpaired) electrons. The molecule has 0 saturated carbocycles. The van der Waals surface area contributed by atoms with Crippen LogP contribution >= 0.6 is 11.3 Å². The average Bonchev–Trinajstić information content (AvgIpc) is 3.54. The highest BCUT2D eigenvalue weighted by Gasteiger charge is 2.18. The fourth-order valence-electron chi connectivity index (χ4n) is 5.63. The number of ether oxygens (including phenoxy) is 3. The third kappa shape index (κ3) is 9.47. The van der Waals surface area contributed by atoms with Crippen molar-refractivity contribution in [3.8, 4) is 11.6 Å². The number of benzene rings is 2. The van der Waals surface area contributed by atoms with E-state index in [1.54, 1.807) is 6.07 Å². The summed E-state index contributed by atoms with van der Waals surface area (Å²) >= 11 is 1.81. The van der Waals surface area contributed by atoms with Gasteiger partial charge in [0.2, 0.25) is 12.7 Å². The van der Waals surface area contributed by atoms with Gasteiger partial charge in [0.05, 0.1) is 12.1 Å². The lowest BCUT2D eigenvalue weighted by Crippen LogP contribution is -2.46. The molecule has 236 valence electrons. The Balaban J connectivity index is 0.960. The standard InChI is InChI=1S/C35H46N4O4S/c1-2-3-4-5-6-7-18-36-35(40)43-27-42-34-16-14-28-13-15-29(26-31(28)37-34)41-24-9-8-19-38-20-22-39(23-21-38)32-11-10-12-33-30(32)17-25-44-33/h10-17,25-26H,2-9,18-24,27H2,1H3,(H,36,40). The number of piperazine rings is 1. The number of thiophene rings is 1. The molecule has 0 bridgehead atoms. The van der Waals surface area contributed by atoms with Gasteiger partial charge in [-0.3, -0.25) is 4.90 Å². The first kappa shape index (κ1) is 31.9. The molecule has 1 aliphatic rings. The number of fused-ring (bicyclic) bond motifs is 2. The highest BCUT2D eigenvalue weighted by Crippen LogP contribution is 2.31. The molecular weight excluding hydrogens is 572 g/mol. The van der Waals surface area contributed by atoms with Crippen LogP contribution in [0, 0.1) is 0 Å². The molecule has 8 nitrogen and oxygen atoms in total. The zero-order chi connectivity index (χ0) is 30.4. The Bertz CT molecular complexity index is 1450. The van der Waals surface area contributed by atoms with Crippen LogP contribution in [0.15, 0.2) is 60.0 Å². The summed E-state index contributed by atoms with van der Waals surface area (Å²) < 4.78 is 18.1. The molecule has 0 unspecified atom stereocenters. The maximum Gasteiger partial charge on any atom is 0.410 e.